The lowest BCUT2D eigenvalue weighted by atomic mass is 9.74. The summed E-state index contributed by atoms with van der Waals surface area (Å²) in [5.74, 6) is -1.87. The number of halogens is 4. The van der Waals surface area contributed by atoms with E-state index in [9.17, 15) is 32.3 Å². The van der Waals surface area contributed by atoms with E-state index in [2.05, 4.69) is 10.6 Å². The largest absolute Gasteiger partial charge is 0.496 e. The van der Waals surface area contributed by atoms with Gasteiger partial charge in [0.05, 0.1) is 24.8 Å². The molecule has 0 spiro atoms. The molecular weight excluding hydrogens is 432 g/mol. The summed E-state index contributed by atoms with van der Waals surface area (Å²) >= 11 is 0. The first kappa shape index (κ1) is 23.5. The highest BCUT2D eigenvalue weighted by Gasteiger charge is 2.56. The number of amides is 2. The SMILES string of the molecule is COc1ccc(F)cc1C(C)(C)CC(O)(CNc1cccc2c1C(=O)NC2=O)C(F)(F)F. The van der Waals surface area contributed by atoms with Gasteiger partial charge in [0.15, 0.2) is 5.60 Å². The number of hydrogen-bond donors (Lipinski definition) is 3. The van der Waals surface area contributed by atoms with E-state index in [1.165, 1.54) is 45.2 Å². The number of methoxy groups -OCH3 is 1. The number of carbonyl (C=O) groups is 2. The van der Waals surface area contributed by atoms with E-state index in [1.807, 2.05) is 0 Å². The number of nitrogens with one attached hydrogen (secondary N) is 2. The van der Waals surface area contributed by atoms with Crippen LogP contribution < -0.4 is 15.4 Å². The minimum absolute atomic E-state index is 0.0188. The zero-order valence-corrected chi connectivity index (χ0v) is 17.6. The summed E-state index contributed by atoms with van der Waals surface area (Å²) in [6, 6.07) is 7.62. The molecule has 1 unspecified atom stereocenters. The molecule has 2 aromatic carbocycles. The average Bonchev–Trinajstić information content (AvgIpc) is 2.99. The second kappa shape index (κ2) is 8.09. The van der Waals surface area contributed by atoms with Crippen LogP contribution in [0.2, 0.25) is 0 Å². The van der Waals surface area contributed by atoms with Crippen molar-refractivity contribution in [3.63, 3.8) is 0 Å². The molecule has 0 saturated heterocycles. The van der Waals surface area contributed by atoms with Gasteiger partial charge in [-0.25, -0.2) is 4.39 Å². The standard InChI is InChI=1S/C22H22F4N2O4/c1-20(2,14-9-12(23)7-8-16(14)32-3)10-21(31,22(24,25)26)11-27-15-6-4-5-13-17(15)19(30)28-18(13)29/h4-9,27,31H,10-11H2,1-3H3,(H,28,29,30). The molecule has 3 N–H and O–H groups in total. The van der Waals surface area contributed by atoms with Gasteiger partial charge >= 0.3 is 6.18 Å². The third-order valence-electron chi connectivity index (χ3n) is 5.49. The van der Waals surface area contributed by atoms with Gasteiger partial charge in [-0.2, -0.15) is 13.2 Å². The van der Waals surface area contributed by atoms with Crippen LogP contribution in [0.15, 0.2) is 36.4 Å². The first-order valence-electron chi connectivity index (χ1n) is 9.65. The molecule has 0 bridgehead atoms. The number of fused-ring (bicyclic) bond motifs is 1. The number of imide groups is 1. The fourth-order valence-electron chi connectivity index (χ4n) is 3.91. The van der Waals surface area contributed by atoms with E-state index in [4.69, 9.17) is 4.74 Å². The summed E-state index contributed by atoms with van der Waals surface area (Å²) in [5.41, 5.74) is -4.53. The topological polar surface area (TPSA) is 87.7 Å². The lowest BCUT2D eigenvalue weighted by Gasteiger charge is -2.38. The molecule has 2 aromatic rings. The summed E-state index contributed by atoms with van der Waals surface area (Å²) in [7, 11) is 1.31. The second-order valence-electron chi connectivity index (χ2n) is 8.30. The van der Waals surface area contributed by atoms with Crippen LogP contribution in [0, 0.1) is 5.82 Å². The summed E-state index contributed by atoms with van der Waals surface area (Å²) in [5, 5.41) is 15.3. The molecule has 1 aliphatic rings. The maximum absolute atomic E-state index is 14.0. The molecular formula is C22H22F4N2O4. The molecule has 1 heterocycles. The maximum atomic E-state index is 14.0. The van der Waals surface area contributed by atoms with Crippen molar-refractivity contribution in [2.45, 2.75) is 37.5 Å². The summed E-state index contributed by atoms with van der Waals surface area (Å²) in [4.78, 5) is 23.8. The van der Waals surface area contributed by atoms with Gasteiger partial charge in [-0.15, -0.1) is 0 Å². The van der Waals surface area contributed by atoms with Crippen LogP contribution in [0.5, 0.6) is 5.75 Å². The molecule has 172 valence electrons. The Hall–Kier alpha value is -3.14. The van der Waals surface area contributed by atoms with Crippen molar-refractivity contribution < 1.29 is 37.0 Å². The van der Waals surface area contributed by atoms with Crippen LogP contribution in [-0.2, 0) is 5.41 Å². The lowest BCUT2D eigenvalue weighted by Crippen LogP contribution is -2.53. The Morgan fingerprint density at radius 2 is 1.78 bits per heavy atom. The van der Waals surface area contributed by atoms with Crippen molar-refractivity contribution in [1.29, 1.82) is 0 Å². The smallest absolute Gasteiger partial charge is 0.418 e. The van der Waals surface area contributed by atoms with Gasteiger partial charge in [-0.05, 0) is 42.2 Å². The van der Waals surface area contributed by atoms with E-state index >= 15 is 0 Å². The second-order valence-corrected chi connectivity index (χ2v) is 8.30. The zero-order chi connectivity index (χ0) is 23.9. The molecule has 10 heteroatoms. The van der Waals surface area contributed by atoms with E-state index in [-0.39, 0.29) is 28.1 Å². The van der Waals surface area contributed by atoms with E-state index < -0.39 is 47.8 Å². The van der Waals surface area contributed by atoms with E-state index in [1.54, 1.807) is 0 Å². The number of hydrogen-bond acceptors (Lipinski definition) is 5. The van der Waals surface area contributed by atoms with E-state index in [0.717, 1.165) is 12.1 Å². The Balaban J connectivity index is 1.93. The van der Waals surface area contributed by atoms with Gasteiger partial charge in [0.2, 0.25) is 0 Å². The third kappa shape index (κ3) is 4.27. The van der Waals surface area contributed by atoms with Crippen molar-refractivity contribution in [3.05, 3.63) is 58.9 Å². The Kier molecular flexibility index (Phi) is 5.94. The maximum Gasteiger partial charge on any atom is 0.418 e. The molecule has 0 aliphatic carbocycles. The van der Waals surface area contributed by atoms with Crippen LogP contribution in [-0.4, -0.2) is 42.4 Å². The minimum atomic E-state index is -5.06. The normalized spacial score (nSPS) is 15.8. The fraction of sp³-hybridized carbons (Fsp3) is 0.364. The molecule has 2 amide bonds. The number of alkyl halides is 3. The fourth-order valence-corrected chi connectivity index (χ4v) is 3.91. The van der Waals surface area contributed by atoms with Gasteiger partial charge in [0, 0.05) is 11.3 Å². The van der Waals surface area contributed by atoms with Crippen molar-refractivity contribution in [2.75, 3.05) is 19.0 Å². The first-order chi connectivity index (χ1) is 14.8. The monoisotopic (exact) mass is 454 g/mol. The highest BCUT2D eigenvalue weighted by Crippen LogP contribution is 2.44. The Morgan fingerprint density at radius 3 is 2.41 bits per heavy atom. The number of ether oxygens (including phenoxy) is 1. The number of aliphatic hydroxyl groups is 1. The van der Waals surface area contributed by atoms with Crippen LogP contribution in [0.3, 0.4) is 0 Å². The predicted octanol–water partition coefficient (Wildman–Crippen LogP) is 3.79. The number of anilines is 1. The minimum Gasteiger partial charge on any atom is -0.496 e. The number of benzene rings is 2. The molecule has 1 atom stereocenters. The molecule has 32 heavy (non-hydrogen) atoms. The highest BCUT2D eigenvalue weighted by atomic mass is 19.4. The summed E-state index contributed by atoms with van der Waals surface area (Å²) in [6.07, 6.45) is -5.90. The van der Waals surface area contributed by atoms with Gasteiger partial charge in [-0.3, -0.25) is 14.9 Å². The third-order valence-corrected chi connectivity index (χ3v) is 5.49. The lowest BCUT2D eigenvalue weighted by molar-refractivity contribution is -0.260. The first-order valence-corrected chi connectivity index (χ1v) is 9.65. The van der Waals surface area contributed by atoms with Gasteiger partial charge in [0.1, 0.15) is 11.6 Å². The van der Waals surface area contributed by atoms with Gasteiger partial charge < -0.3 is 15.2 Å². The van der Waals surface area contributed by atoms with Gasteiger partial charge in [0.25, 0.3) is 11.8 Å². The van der Waals surface area contributed by atoms with Gasteiger partial charge in [-0.1, -0.05) is 19.9 Å². The molecule has 0 radical (unpaired) electrons. The Morgan fingerprint density at radius 1 is 1.09 bits per heavy atom. The van der Waals surface area contributed by atoms with Crippen molar-refractivity contribution in [3.8, 4) is 5.75 Å². The van der Waals surface area contributed by atoms with Crippen LogP contribution in [0.25, 0.3) is 0 Å². The Bertz CT molecular complexity index is 1070. The zero-order valence-electron chi connectivity index (χ0n) is 17.6. The van der Waals surface area contributed by atoms with Crippen molar-refractivity contribution in [2.24, 2.45) is 0 Å². The van der Waals surface area contributed by atoms with E-state index in [0.29, 0.717) is 0 Å². The summed E-state index contributed by atoms with van der Waals surface area (Å²) in [6.45, 7) is 1.87. The molecule has 0 fully saturated rings. The molecule has 0 saturated carbocycles. The van der Waals surface area contributed by atoms with Crippen LogP contribution in [0.1, 0.15) is 46.5 Å². The average molecular weight is 454 g/mol. The predicted molar refractivity (Wildman–Crippen MR) is 108 cm³/mol. The quantitative estimate of drug-likeness (QED) is 0.438. The number of rotatable bonds is 7. The van der Waals surface area contributed by atoms with Crippen LogP contribution >= 0.6 is 0 Å². The molecule has 3 rings (SSSR count). The molecule has 0 aromatic heterocycles. The van der Waals surface area contributed by atoms with Crippen LogP contribution in [0.4, 0.5) is 23.2 Å². The number of carbonyl (C=O) groups excluding carboxylic acids is 2. The highest BCUT2D eigenvalue weighted by molar-refractivity contribution is 6.23. The molecule has 1 aliphatic heterocycles. The van der Waals surface area contributed by atoms with Crippen molar-refractivity contribution >= 4 is 17.5 Å². The van der Waals surface area contributed by atoms with Crippen molar-refractivity contribution in [1.82, 2.24) is 5.32 Å². The summed E-state index contributed by atoms with van der Waals surface area (Å²) < 4.78 is 61.0. The Labute approximate surface area is 181 Å². The molecule has 6 nitrogen and oxygen atoms in total.